The van der Waals surface area contributed by atoms with Crippen LogP contribution in [0.5, 0.6) is 5.75 Å². The Hall–Kier alpha value is -2.02. The third kappa shape index (κ3) is 2.02. The molecule has 1 aromatic rings. The summed E-state index contributed by atoms with van der Waals surface area (Å²) in [6.07, 6.45) is 4.91. The van der Waals surface area contributed by atoms with Crippen LogP contribution in [-0.4, -0.2) is 17.7 Å². The molecule has 0 atom stereocenters. The van der Waals surface area contributed by atoms with E-state index < -0.39 is 11.8 Å². The SMILES string of the molecule is C#CCOc1c(F)cccc1C(=O)O. The highest BCUT2D eigenvalue weighted by molar-refractivity contribution is 5.90. The lowest BCUT2D eigenvalue weighted by atomic mass is 10.2. The molecule has 0 saturated carbocycles. The van der Waals surface area contributed by atoms with Crippen LogP contribution in [0.2, 0.25) is 0 Å². The van der Waals surface area contributed by atoms with Gasteiger partial charge in [0.2, 0.25) is 0 Å². The number of hydrogen-bond acceptors (Lipinski definition) is 2. The minimum absolute atomic E-state index is 0.165. The maximum absolute atomic E-state index is 13.1. The monoisotopic (exact) mass is 194 g/mol. The second-order valence-corrected chi connectivity index (χ2v) is 2.41. The molecule has 0 saturated heterocycles. The van der Waals surface area contributed by atoms with Crippen LogP contribution in [0.3, 0.4) is 0 Å². The highest BCUT2D eigenvalue weighted by Crippen LogP contribution is 2.22. The third-order valence-corrected chi connectivity index (χ3v) is 1.50. The van der Waals surface area contributed by atoms with Gasteiger partial charge in [0.15, 0.2) is 11.6 Å². The van der Waals surface area contributed by atoms with Crippen molar-refractivity contribution < 1.29 is 19.0 Å². The van der Waals surface area contributed by atoms with Crippen molar-refractivity contribution in [1.82, 2.24) is 0 Å². The molecule has 0 aliphatic rings. The number of benzene rings is 1. The highest BCUT2D eigenvalue weighted by atomic mass is 19.1. The Kier molecular flexibility index (Phi) is 3.08. The predicted octanol–water partition coefficient (Wildman–Crippen LogP) is 1.54. The second kappa shape index (κ2) is 4.28. The predicted molar refractivity (Wildman–Crippen MR) is 47.7 cm³/mol. The van der Waals surface area contributed by atoms with Gasteiger partial charge < -0.3 is 9.84 Å². The second-order valence-electron chi connectivity index (χ2n) is 2.41. The number of para-hydroxylation sites is 1. The smallest absolute Gasteiger partial charge is 0.339 e. The molecule has 72 valence electrons. The fourth-order valence-corrected chi connectivity index (χ4v) is 0.938. The van der Waals surface area contributed by atoms with E-state index in [4.69, 9.17) is 16.3 Å². The lowest BCUT2D eigenvalue weighted by Crippen LogP contribution is -2.05. The summed E-state index contributed by atoms with van der Waals surface area (Å²) in [5.74, 6) is -0.183. The molecule has 1 rings (SSSR count). The molecule has 0 aliphatic heterocycles. The van der Waals surface area contributed by atoms with E-state index in [0.29, 0.717) is 0 Å². The van der Waals surface area contributed by atoms with Gasteiger partial charge in [-0.25, -0.2) is 9.18 Å². The van der Waals surface area contributed by atoms with Gasteiger partial charge in [-0.1, -0.05) is 12.0 Å². The number of halogens is 1. The number of aromatic carboxylic acids is 1. The number of hydrogen-bond donors (Lipinski definition) is 1. The lowest BCUT2D eigenvalue weighted by molar-refractivity contribution is 0.0692. The van der Waals surface area contributed by atoms with E-state index in [0.717, 1.165) is 6.07 Å². The molecule has 0 aromatic heterocycles. The first-order chi connectivity index (χ1) is 6.66. The van der Waals surface area contributed by atoms with Gasteiger partial charge in [-0.2, -0.15) is 0 Å². The summed E-state index contributed by atoms with van der Waals surface area (Å²) < 4.78 is 17.9. The Morgan fingerprint density at radius 2 is 2.36 bits per heavy atom. The van der Waals surface area contributed by atoms with Gasteiger partial charge in [0.1, 0.15) is 12.2 Å². The first kappa shape index (κ1) is 10.1. The molecule has 0 spiro atoms. The summed E-state index contributed by atoms with van der Waals surface area (Å²) in [4.78, 5) is 10.6. The lowest BCUT2D eigenvalue weighted by Gasteiger charge is -2.06. The Morgan fingerprint density at radius 1 is 1.64 bits per heavy atom. The van der Waals surface area contributed by atoms with Crippen LogP contribution < -0.4 is 4.74 Å². The van der Waals surface area contributed by atoms with E-state index >= 15 is 0 Å². The number of ether oxygens (including phenoxy) is 1. The number of rotatable bonds is 3. The molecule has 0 bridgehead atoms. The van der Waals surface area contributed by atoms with E-state index in [1.165, 1.54) is 12.1 Å². The van der Waals surface area contributed by atoms with Gasteiger partial charge in [-0.05, 0) is 12.1 Å². The largest absolute Gasteiger partial charge is 0.478 e. The number of carboxylic acid groups (broad SMARTS) is 1. The Morgan fingerprint density at radius 3 is 2.93 bits per heavy atom. The van der Waals surface area contributed by atoms with Crippen molar-refractivity contribution in [3.8, 4) is 18.1 Å². The van der Waals surface area contributed by atoms with Crippen LogP contribution >= 0.6 is 0 Å². The van der Waals surface area contributed by atoms with Gasteiger partial charge in [0.25, 0.3) is 0 Å². The first-order valence-electron chi connectivity index (χ1n) is 3.75. The Bertz CT molecular complexity index is 393. The number of carbonyl (C=O) groups is 1. The zero-order chi connectivity index (χ0) is 10.6. The molecule has 0 amide bonds. The maximum atomic E-state index is 13.1. The molecular weight excluding hydrogens is 187 g/mol. The molecule has 0 radical (unpaired) electrons. The molecule has 1 aromatic carbocycles. The first-order valence-corrected chi connectivity index (χ1v) is 3.75. The van der Waals surface area contributed by atoms with Crippen LogP contribution in [0.25, 0.3) is 0 Å². The van der Waals surface area contributed by atoms with Crippen molar-refractivity contribution >= 4 is 5.97 Å². The van der Waals surface area contributed by atoms with Crippen LogP contribution in [-0.2, 0) is 0 Å². The minimum atomic E-state index is -1.25. The van der Waals surface area contributed by atoms with Crippen molar-refractivity contribution in [2.75, 3.05) is 6.61 Å². The van der Waals surface area contributed by atoms with Crippen molar-refractivity contribution in [2.45, 2.75) is 0 Å². The zero-order valence-corrected chi connectivity index (χ0v) is 7.16. The maximum Gasteiger partial charge on any atom is 0.339 e. The van der Waals surface area contributed by atoms with E-state index in [-0.39, 0.29) is 17.9 Å². The van der Waals surface area contributed by atoms with E-state index in [1.54, 1.807) is 0 Å². The average Bonchev–Trinajstić information content (AvgIpc) is 2.15. The van der Waals surface area contributed by atoms with Crippen LogP contribution in [0.4, 0.5) is 4.39 Å². The van der Waals surface area contributed by atoms with E-state index in [2.05, 4.69) is 5.92 Å². The number of carboxylic acids is 1. The average molecular weight is 194 g/mol. The van der Waals surface area contributed by atoms with Gasteiger partial charge in [-0.3, -0.25) is 0 Å². The molecule has 0 aliphatic carbocycles. The summed E-state index contributed by atoms with van der Waals surface area (Å²) >= 11 is 0. The highest BCUT2D eigenvalue weighted by Gasteiger charge is 2.14. The third-order valence-electron chi connectivity index (χ3n) is 1.50. The molecule has 4 heteroatoms. The van der Waals surface area contributed by atoms with Gasteiger partial charge >= 0.3 is 5.97 Å². The molecule has 0 heterocycles. The fraction of sp³-hybridized carbons (Fsp3) is 0.100. The molecule has 1 N–H and O–H groups in total. The fourth-order valence-electron chi connectivity index (χ4n) is 0.938. The van der Waals surface area contributed by atoms with Crippen molar-refractivity contribution in [2.24, 2.45) is 0 Å². The Labute approximate surface area is 80.1 Å². The summed E-state index contributed by atoms with van der Waals surface area (Å²) in [6.45, 7) is -0.165. The number of terminal acetylenes is 1. The molecule has 0 fully saturated rings. The summed E-state index contributed by atoms with van der Waals surface area (Å²) in [5, 5.41) is 8.69. The van der Waals surface area contributed by atoms with E-state index in [1.807, 2.05) is 0 Å². The molecule has 3 nitrogen and oxygen atoms in total. The van der Waals surface area contributed by atoms with Gasteiger partial charge in [0, 0.05) is 0 Å². The van der Waals surface area contributed by atoms with Crippen LogP contribution in [0, 0.1) is 18.2 Å². The van der Waals surface area contributed by atoms with Crippen LogP contribution in [0.1, 0.15) is 10.4 Å². The molecule has 14 heavy (non-hydrogen) atoms. The summed E-state index contributed by atoms with van der Waals surface area (Å²) in [5.41, 5.74) is -0.236. The molecular formula is C10H7FO3. The topological polar surface area (TPSA) is 46.5 Å². The quantitative estimate of drug-likeness (QED) is 0.742. The zero-order valence-electron chi connectivity index (χ0n) is 7.16. The van der Waals surface area contributed by atoms with Crippen molar-refractivity contribution in [1.29, 1.82) is 0 Å². The standard InChI is InChI=1S/C10H7FO3/c1-2-6-14-9-7(10(12)13)4-3-5-8(9)11/h1,3-5H,6H2,(H,12,13). The van der Waals surface area contributed by atoms with Crippen molar-refractivity contribution in [3.05, 3.63) is 29.6 Å². The van der Waals surface area contributed by atoms with Gasteiger partial charge in [0.05, 0.1) is 0 Å². The minimum Gasteiger partial charge on any atom is -0.478 e. The summed E-state index contributed by atoms with van der Waals surface area (Å²) in [7, 11) is 0. The normalized spacial score (nSPS) is 9.14. The van der Waals surface area contributed by atoms with Gasteiger partial charge in [-0.15, -0.1) is 6.42 Å². The summed E-state index contributed by atoms with van der Waals surface area (Å²) in [6, 6.07) is 3.65. The Balaban J connectivity index is 3.10. The van der Waals surface area contributed by atoms with E-state index in [9.17, 15) is 9.18 Å². The van der Waals surface area contributed by atoms with Crippen molar-refractivity contribution in [3.63, 3.8) is 0 Å². The van der Waals surface area contributed by atoms with Crippen LogP contribution in [0.15, 0.2) is 18.2 Å². The molecule has 0 unspecified atom stereocenters.